The highest BCUT2D eigenvalue weighted by Crippen LogP contribution is 2.38. The Kier molecular flexibility index (Phi) is 24.2. The number of likely N-dealkylation sites (N-methyl/N-ethyl adjacent to an activating group) is 1. The van der Waals surface area contributed by atoms with Gasteiger partial charge in [0.05, 0.1) is 50.5 Å². The molecule has 1 heterocycles. The maximum atomic E-state index is 12.8. The Morgan fingerprint density at radius 2 is 1.49 bits per heavy atom. The Labute approximate surface area is 328 Å². The van der Waals surface area contributed by atoms with Crippen LogP contribution in [-0.4, -0.2) is 90.3 Å². The molecule has 2 rings (SSSR count). The molecule has 1 aromatic heterocycles. The molecule has 3 atom stereocenters. The smallest absolute Gasteiger partial charge is 0.300 e. The summed E-state index contributed by atoms with van der Waals surface area (Å²) in [4.78, 5) is 35.9. The number of fused-ring (bicyclic) bond motifs is 1. The fraction of sp³-hybridized carbons (Fsp3) is 0.769. The molecule has 16 heteroatoms. The summed E-state index contributed by atoms with van der Waals surface area (Å²) in [6.45, 7) is 2.94. The van der Waals surface area contributed by atoms with Gasteiger partial charge in [-0.25, -0.2) is 4.63 Å². The third-order valence-corrected chi connectivity index (χ3v) is 10.4. The molecule has 15 nitrogen and oxygen atoms in total. The zero-order chi connectivity index (χ0) is 40.4. The normalized spacial score (nSPS) is 14.3. The number of aromatic nitrogens is 2. The molecule has 0 saturated heterocycles. The number of quaternary nitrogens is 1. The van der Waals surface area contributed by atoms with Gasteiger partial charge in [-0.15, -0.1) is 0 Å². The van der Waals surface area contributed by atoms with Crippen LogP contribution < -0.4 is 15.5 Å². The molecule has 1 aromatic carbocycles. The predicted molar refractivity (Wildman–Crippen MR) is 214 cm³/mol. The Morgan fingerprint density at radius 3 is 2.11 bits per heavy atom. The lowest BCUT2D eigenvalue weighted by molar-refractivity contribution is -0.870. The quantitative estimate of drug-likeness (QED) is 0.0154. The fourth-order valence-corrected chi connectivity index (χ4v) is 6.82. The van der Waals surface area contributed by atoms with Crippen LogP contribution in [0.1, 0.15) is 135 Å². The first-order valence-electron chi connectivity index (χ1n) is 20.5. The predicted octanol–water partition coefficient (Wildman–Crippen LogP) is 7.97. The summed E-state index contributed by atoms with van der Waals surface area (Å²) in [5.74, 6) is -0.240. The van der Waals surface area contributed by atoms with Crippen LogP contribution in [0.3, 0.4) is 0 Å². The van der Waals surface area contributed by atoms with Crippen molar-refractivity contribution in [1.29, 1.82) is 0 Å². The topological polar surface area (TPSA) is 202 Å². The van der Waals surface area contributed by atoms with E-state index in [2.05, 4.69) is 27.9 Å². The molecule has 1 unspecified atom stereocenters. The van der Waals surface area contributed by atoms with E-state index in [9.17, 15) is 29.5 Å². The molecular formula is C39H69N6O9P. The molecule has 1 amide bonds. The van der Waals surface area contributed by atoms with Crippen LogP contribution >= 0.6 is 7.82 Å². The number of nitrogens with one attached hydrogen (secondary N) is 2. The van der Waals surface area contributed by atoms with Crippen molar-refractivity contribution in [1.82, 2.24) is 15.6 Å². The summed E-state index contributed by atoms with van der Waals surface area (Å²) in [5.41, 5.74) is 1.00. The molecule has 0 aliphatic rings. The molecule has 0 aliphatic heterocycles. The van der Waals surface area contributed by atoms with Gasteiger partial charge >= 0.3 is 5.69 Å². The number of unbranched alkanes of at least 4 members (excludes halogenated alkanes) is 17. The second kappa shape index (κ2) is 27.6. The van der Waals surface area contributed by atoms with Crippen molar-refractivity contribution in [2.45, 2.75) is 147 Å². The summed E-state index contributed by atoms with van der Waals surface area (Å²) >= 11 is 0. The molecule has 0 radical (unpaired) electrons. The molecule has 314 valence electrons. The van der Waals surface area contributed by atoms with Crippen LogP contribution in [0.2, 0.25) is 0 Å². The van der Waals surface area contributed by atoms with E-state index >= 15 is 0 Å². The molecule has 0 saturated carbocycles. The van der Waals surface area contributed by atoms with Gasteiger partial charge in [0.2, 0.25) is 11.4 Å². The fourth-order valence-electron chi connectivity index (χ4n) is 6.10. The number of rotatable bonds is 34. The highest BCUT2D eigenvalue weighted by molar-refractivity contribution is 7.45. The minimum absolute atomic E-state index is 0.0320. The van der Waals surface area contributed by atoms with E-state index in [1.807, 2.05) is 27.2 Å². The number of amides is 1. The number of aliphatic hydroxyl groups is 1. The highest BCUT2D eigenvalue weighted by Gasteiger charge is 2.23. The number of non-ortho nitro benzene ring substituents is 1. The van der Waals surface area contributed by atoms with E-state index < -0.39 is 31.5 Å². The van der Waals surface area contributed by atoms with Crippen LogP contribution in [0.4, 0.5) is 11.4 Å². The molecule has 2 aromatic rings. The van der Waals surface area contributed by atoms with Crippen LogP contribution in [0.5, 0.6) is 0 Å². The standard InChI is InChI=1S/C39H69N6O9P/c1-5-6-7-8-9-10-11-14-17-20-23-26-37(47)41-34(32-53-55(50,51)52-31-30-45(2,3)4)36(46)25-22-19-16-13-12-15-18-21-24-29-40-33-27-28-35(44(48)49)39-38(33)42-54-43-39/h22,25,27-28,34,36,46H,5-21,23-24,26,29-32H2,1-4H3,(H2-,40,41,43,47,50,51)/b25-22+/t34-,36+/m0/s1. The first-order chi connectivity index (χ1) is 26.3. The summed E-state index contributed by atoms with van der Waals surface area (Å²) in [7, 11) is 1.15. The lowest BCUT2D eigenvalue weighted by Gasteiger charge is -2.29. The Hall–Kier alpha value is -2.94. The van der Waals surface area contributed by atoms with Gasteiger partial charge in [-0.3, -0.25) is 19.5 Å². The third kappa shape index (κ3) is 22.4. The Bertz CT molecular complexity index is 1430. The van der Waals surface area contributed by atoms with Crippen molar-refractivity contribution in [3.8, 4) is 0 Å². The minimum atomic E-state index is -4.62. The average Bonchev–Trinajstić information content (AvgIpc) is 3.62. The van der Waals surface area contributed by atoms with E-state index in [4.69, 9.17) is 13.7 Å². The van der Waals surface area contributed by atoms with Gasteiger partial charge in [0.15, 0.2) is 5.52 Å². The highest BCUT2D eigenvalue weighted by atomic mass is 31.2. The van der Waals surface area contributed by atoms with Crippen LogP contribution in [-0.2, 0) is 18.4 Å². The largest absolute Gasteiger partial charge is 0.756 e. The number of hydrogen-bond acceptors (Lipinski definition) is 12. The monoisotopic (exact) mass is 796 g/mol. The number of carbonyl (C=O) groups is 1. The van der Waals surface area contributed by atoms with Crippen LogP contribution in [0, 0.1) is 10.1 Å². The zero-order valence-electron chi connectivity index (χ0n) is 33.9. The number of phosphoric acid groups is 1. The van der Waals surface area contributed by atoms with E-state index in [1.54, 1.807) is 12.1 Å². The van der Waals surface area contributed by atoms with Gasteiger partial charge in [-0.05, 0) is 42.1 Å². The molecule has 0 spiro atoms. The molecular weight excluding hydrogens is 727 g/mol. The Morgan fingerprint density at radius 1 is 0.909 bits per heavy atom. The van der Waals surface area contributed by atoms with E-state index in [0.29, 0.717) is 35.2 Å². The van der Waals surface area contributed by atoms with Gasteiger partial charge in [0, 0.05) is 19.0 Å². The second-order valence-corrected chi connectivity index (χ2v) is 16.9. The summed E-state index contributed by atoms with van der Waals surface area (Å²) in [6.07, 6.45) is 23.6. The number of anilines is 1. The zero-order valence-corrected chi connectivity index (χ0v) is 34.8. The third-order valence-electron chi connectivity index (χ3n) is 9.48. The molecule has 3 N–H and O–H groups in total. The van der Waals surface area contributed by atoms with E-state index in [1.165, 1.54) is 57.4 Å². The van der Waals surface area contributed by atoms with Gasteiger partial charge in [0.25, 0.3) is 7.82 Å². The molecule has 55 heavy (non-hydrogen) atoms. The number of hydrogen-bond donors (Lipinski definition) is 3. The SMILES string of the molecule is CCCCCCCCCCCCCC(=O)N[C@@H](COP(=O)([O-])OCC[N+](C)(C)C)[C@H](O)/C=C/CCCCCCCCCNc1ccc([N+](=O)[O-])c2nonc12. The number of nitro groups is 1. The number of nitrogens with zero attached hydrogens (tertiary/aromatic N) is 4. The van der Waals surface area contributed by atoms with Crippen molar-refractivity contribution in [3.63, 3.8) is 0 Å². The average molecular weight is 797 g/mol. The number of allylic oxidation sites excluding steroid dienone is 1. The lowest BCUT2D eigenvalue weighted by Crippen LogP contribution is -2.45. The molecule has 0 bridgehead atoms. The maximum Gasteiger partial charge on any atom is 0.300 e. The molecule has 0 aliphatic carbocycles. The number of phosphoric ester groups is 1. The van der Waals surface area contributed by atoms with Gasteiger partial charge in [-0.2, -0.15) is 0 Å². The first kappa shape index (κ1) is 48.2. The second-order valence-electron chi connectivity index (χ2n) is 15.5. The van der Waals surface area contributed by atoms with Crippen molar-refractivity contribution < 1.29 is 42.4 Å². The van der Waals surface area contributed by atoms with E-state index in [-0.39, 0.29) is 23.7 Å². The number of aliphatic hydroxyl groups excluding tert-OH is 1. The number of nitro benzene ring substituents is 1. The first-order valence-corrected chi connectivity index (χ1v) is 22.0. The van der Waals surface area contributed by atoms with Crippen molar-refractivity contribution in [3.05, 3.63) is 34.4 Å². The van der Waals surface area contributed by atoms with Gasteiger partial charge < -0.3 is 34.2 Å². The van der Waals surface area contributed by atoms with Crippen LogP contribution in [0.25, 0.3) is 11.0 Å². The molecule has 0 fully saturated rings. The summed E-state index contributed by atoms with van der Waals surface area (Å²) in [5, 5.41) is 35.6. The maximum absolute atomic E-state index is 12.8. The van der Waals surface area contributed by atoms with Gasteiger partial charge in [0.1, 0.15) is 13.2 Å². The number of carbonyl (C=O) groups excluding carboxylic acids is 1. The summed E-state index contributed by atoms with van der Waals surface area (Å²) < 4.78 is 27.8. The van der Waals surface area contributed by atoms with Gasteiger partial charge in [-0.1, -0.05) is 115 Å². The van der Waals surface area contributed by atoms with Crippen molar-refractivity contribution in [2.24, 2.45) is 0 Å². The minimum Gasteiger partial charge on any atom is -0.756 e. The van der Waals surface area contributed by atoms with Crippen molar-refractivity contribution >= 4 is 36.1 Å². The number of benzene rings is 1. The Balaban J connectivity index is 1.67. The lowest BCUT2D eigenvalue weighted by atomic mass is 10.0. The summed E-state index contributed by atoms with van der Waals surface area (Å²) in [6, 6.07) is 2.09. The van der Waals surface area contributed by atoms with E-state index in [0.717, 1.165) is 70.6 Å². The van der Waals surface area contributed by atoms with Crippen molar-refractivity contribution in [2.75, 3.05) is 52.8 Å². The van der Waals surface area contributed by atoms with Crippen LogP contribution in [0.15, 0.2) is 28.9 Å².